The van der Waals surface area contributed by atoms with Crippen molar-refractivity contribution < 1.29 is 14.6 Å². The molecule has 5 heteroatoms. The molecule has 1 fully saturated rings. The molecule has 16 heavy (non-hydrogen) atoms. The molecule has 0 saturated carbocycles. The first kappa shape index (κ1) is 13.4. The Morgan fingerprint density at radius 2 is 2.06 bits per heavy atom. The van der Waals surface area contributed by atoms with Gasteiger partial charge in [0.25, 0.3) is 0 Å². The quantitative estimate of drug-likeness (QED) is 0.615. The zero-order valence-corrected chi connectivity index (χ0v) is 10.0. The lowest BCUT2D eigenvalue weighted by molar-refractivity contribution is -0.127. The number of nitrogens with one attached hydrogen (secondary N) is 1. The highest BCUT2D eigenvalue weighted by molar-refractivity contribution is 5.78. The molecule has 94 valence electrons. The lowest BCUT2D eigenvalue weighted by Gasteiger charge is -2.32. The van der Waals surface area contributed by atoms with Gasteiger partial charge in [0, 0.05) is 44.6 Å². The monoisotopic (exact) mass is 230 g/mol. The van der Waals surface area contributed by atoms with E-state index >= 15 is 0 Å². The van der Waals surface area contributed by atoms with Crippen LogP contribution in [0.2, 0.25) is 0 Å². The third kappa shape index (κ3) is 3.73. The number of rotatable bonds is 4. The highest BCUT2D eigenvalue weighted by Crippen LogP contribution is 2.19. The van der Waals surface area contributed by atoms with E-state index in [4.69, 9.17) is 10.5 Å². The number of nitrogens with two attached hydrogens (primary N) is 1. The van der Waals surface area contributed by atoms with Crippen molar-refractivity contribution in [3.63, 3.8) is 0 Å². The van der Waals surface area contributed by atoms with Gasteiger partial charge in [0.15, 0.2) is 0 Å². The number of hydrogen-bond acceptors (Lipinski definition) is 4. The van der Waals surface area contributed by atoms with Gasteiger partial charge in [0.05, 0.1) is 5.60 Å². The van der Waals surface area contributed by atoms with Crippen LogP contribution in [0.5, 0.6) is 0 Å². The fourth-order valence-electron chi connectivity index (χ4n) is 1.58. The SMILES string of the molecule is CC(N)C(C)C(=O)NCC1(O)CCOCC1. The van der Waals surface area contributed by atoms with Crippen molar-refractivity contribution >= 4 is 5.91 Å². The minimum Gasteiger partial charge on any atom is -0.388 e. The molecule has 1 rings (SSSR count). The Bertz CT molecular complexity index is 237. The summed E-state index contributed by atoms with van der Waals surface area (Å²) in [6, 6.07) is -0.177. The van der Waals surface area contributed by atoms with Gasteiger partial charge in [-0.05, 0) is 6.92 Å². The number of carbonyl (C=O) groups excluding carboxylic acids is 1. The maximum Gasteiger partial charge on any atom is 0.224 e. The summed E-state index contributed by atoms with van der Waals surface area (Å²) in [5.41, 5.74) is 4.82. The molecule has 5 nitrogen and oxygen atoms in total. The molecular weight excluding hydrogens is 208 g/mol. The van der Waals surface area contributed by atoms with Gasteiger partial charge in [-0.3, -0.25) is 4.79 Å². The van der Waals surface area contributed by atoms with Crippen LogP contribution in [0.3, 0.4) is 0 Å². The molecule has 0 radical (unpaired) electrons. The molecule has 2 unspecified atom stereocenters. The Hall–Kier alpha value is -0.650. The minimum atomic E-state index is -0.814. The summed E-state index contributed by atoms with van der Waals surface area (Å²) in [6.45, 7) is 4.97. The predicted molar refractivity (Wildman–Crippen MR) is 60.8 cm³/mol. The van der Waals surface area contributed by atoms with Gasteiger partial charge >= 0.3 is 0 Å². The Morgan fingerprint density at radius 1 is 1.50 bits per heavy atom. The van der Waals surface area contributed by atoms with Crippen molar-refractivity contribution in [1.29, 1.82) is 0 Å². The van der Waals surface area contributed by atoms with E-state index in [1.54, 1.807) is 13.8 Å². The van der Waals surface area contributed by atoms with Crippen LogP contribution in [0.1, 0.15) is 26.7 Å². The second-order valence-electron chi connectivity index (χ2n) is 4.70. The van der Waals surface area contributed by atoms with E-state index in [0.29, 0.717) is 26.1 Å². The molecule has 0 spiro atoms. The third-order valence-electron chi connectivity index (χ3n) is 3.22. The van der Waals surface area contributed by atoms with Crippen LogP contribution in [-0.2, 0) is 9.53 Å². The molecule has 2 atom stereocenters. The van der Waals surface area contributed by atoms with Crippen LogP contribution >= 0.6 is 0 Å². The first-order valence-electron chi connectivity index (χ1n) is 5.78. The molecule has 1 aliphatic rings. The Morgan fingerprint density at radius 3 is 2.56 bits per heavy atom. The standard InChI is InChI=1S/C11H22N2O3/c1-8(9(2)12)10(14)13-7-11(15)3-5-16-6-4-11/h8-9,15H,3-7,12H2,1-2H3,(H,13,14). The molecule has 0 bridgehead atoms. The fourth-order valence-corrected chi connectivity index (χ4v) is 1.58. The number of hydrogen-bond donors (Lipinski definition) is 3. The van der Waals surface area contributed by atoms with Crippen molar-refractivity contribution in [3.05, 3.63) is 0 Å². The van der Waals surface area contributed by atoms with Crippen LogP contribution in [0.15, 0.2) is 0 Å². The molecule has 0 aromatic carbocycles. The summed E-state index contributed by atoms with van der Waals surface area (Å²) < 4.78 is 5.16. The average molecular weight is 230 g/mol. The Labute approximate surface area is 96.3 Å². The highest BCUT2D eigenvalue weighted by atomic mass is 16.5. The first-order valence-corrected chi connectivity index (χ1v) is 5.78. The second kappa shape index (κ2) is 5.61. The minimum absolute atomic E-state index is 0.102. The van der Waals surface area contributed by atoms with E-state index in [9.17, 15) is 9.90 Å². The molecule has 1 amide bonds. The summed E-state index contributed by atoms with van der Waals surface area (Å²) in [5.74, 6) is -0.335. The zero-order valence-electron chi connectivity index (χ0n) is 10.0. The van der Waals surface area contributed by atoms with Crippen molar-refractivity contribution in [2.45, 2.75) is 38.3 Å². The van der Waals surface area contributed by atoms with E-state index in [0.717, 1.165) is 0 Å². The number of carbonyl (C=O) groups is 1. The zero-order chi connectivity index (χ0) is 12.2. The Balaban J connectivity index is 2.35. The van der Waals surface area contributed by atoms with Gasteiger partial charge in [0.2, 0.25) is 5.91 Å². The van der Waals surface area contributed by atoms with Gasteiger partial charge in [-0.25, -0.2) is 0 Å². The molecule has 1 aliphatic heterocycles. The van der Waals surface area contributed by atoms with Crippen LogP contribution in [-0.4, -0.2) is 42.4 Å². The van der Waals surface area contributed by atoms with E-state index in [1.165, 1.54) is 0 Å². The molecule has 0 aromatic rings. The van der Waals surface area contributed by atoms with Crippen molar-refractivity contribution in [1.82, 2.24) is 5.32 Å². The molecule has 0 aliphatic carbocycles. The smallest absolute Gasteiger partial charge is 0.224 e. The molecule has 0 aromatic heterocycles. The summed E-state index contributed by atoms with van der Waals surface area (Å²) >= 11 is 0. The number of ether oxygens (including phenoxy) is 1. The van der Waals surface area contributed by atoms with Gasteiger partial charge in [-0.15, -0.1) is 0 Å². The largest absolute Gasteiger partial charge is 0.388 e. The lowest BCUT2D eigenvalue weighted by Crippen LogP contribution is -2.49. The van der Waals surface area contributed by atoms with E-state index in [2.05, 4.69) is 5.32 Å². The van der Waals surface area contributed by atoms with Crippen molar-refractivity contribution in [2.24, 2.45) is 11.7 Å². The Kier molecular flexibility index (Phi) is 4.70. The second-order valence-corrected chi connectivity index (χ2v) is 4.70. The number of aliphatic hydroxyl groups is 1. The van der Waals surface area contributed by atoms with E-state index < -0.39 is 5.60 Å². The molecule has 4 N–H and O–H groups in total. The van der Waals surface area contributed by atoms with Gasteiger partial charge in [-0.1, -0.05) is 6.92 Å². The summed E-state index contributed by atoms with van der Waals surface area (Å²) in [7, 11) is 0. The topological polar surface area (TPSA) is 84.6 Å². The summed E-state index contributed by atoms with van der Waals surface area (Å²) in [6.07, 6.45) is 1.14. The van der Waals surface area contributed by atoms with Crippen LogP contribution in [0.4, 0.5) is 0 Å². The van der Waals surface area contributed by atoms with Crippen LogP contribution in [0.25, 0.3) is 0 Å². The van der Waals surface area contributed by atoms with Crippen molar-refractivity contribution in [3.8, 4) is 0 Å². The van der Waals surface area contributed by atoms with Gasteiger partial charge < -0.3 is 20.9 Å². The molecule has 1 heterocycles. The first-order chi connectivity index (χ1) is 7.44. The van der Waals surface area contributed by atoms with Crippen molar-refractivity contribution in [2.75, 3.05) is 19.8 Å². The number of amides is 1. The van der Waals surface area contributed by atoms with Gasteiger partial charge in [-0.2, -0.15) is 0 Å². The summed E-state index contributed by atoms with van der Waals surface area (Å²) in [4.78, 5) is 11.6. The van der Waals surface area contributed by atoms with Gasteiger partial charge in [0.1, 0.15) is 0 Å². The maximum atomic E-state index is 11.6. The highest BCUT2D eigenvalue weighted by Gasteiger charge is 2.30. The third-order valence-corrected chi connectivity index (χ3v) is 3.22. The maximum absolute atomic E-state index is 11.6. The lowest BCUT2D eigenvalue weighted by atomic mass is 9.94. The average Bonchev–Trinajstić information content (AvgIpc) is 2.26. The molecular formula is C11H22N2O3. The van der Waals surface area contributed by atoms with E-state index in [-0.39, 0.29) is 24.4 Å². The predicted octanol–water partition coefficient (Wildman–Crippen LogP) is -0.373. The summed E-state index contributed by atoms with van der Waals surface area (Å²) in [5, 5.41) is 12.9. The van der Waals surface area contributed by atoms with Crippen LogP contribution in [0, 0.1) is 5.92 Å². The fraction of sp³-hybridized carbons (Fsp3) is 0.909. The molecule has 1 saturated heterocycles. The normalized spacial score (nSPS) is 23.5. The van der Waals surface area contributed by atoms with E-state index in [1.807, 2.05) is 0 Å². The van der Waals surface area contributed by atoms with Crippen LogP contribution < -0.4 is 11.1 Å².